The molecule has 20 heavy (non-hydrogen) atoms. The predicted molar refractivity (Wildman–Crippen MR) is 80.0 cm³/mol. The molecule has 6 heteroatoms. The molecule has 0 bridgehead atoms. The van der Waals surface area contributed by atoms with Crippen molar-refractivity contribution >= 4 is 27.3 Å². The molecule has 0 saturated heterocycles. The molecule has 2 aromatic rings. The molecule has 0 heterocycles. The van der Waals surface area contributed by atoms with Gasteiger partial charge in [-0.1, -0.05) is 29.8 Å². The second-order valence-corrected chi connectivity index (χ2v) is 6.31. The van der Waals surface area contributed by atoms with Crippen molar-refractivity contribution in [1.29, 1.82) is 0 Å². The minimum Gasteiger partial charge on any atom is -0.495 e. The van der Waals surface area contributed by atoms with E-state index in [1.54, 1.807) is 24.3 Å². The first-order chi connectivity index (χ1) is 9.44. The molecule has 0 fully saturated rings. The summed E-state index contributed by atoms with van der Waals surface area (Å²) in [6, 6.07) is 11.3. The third kappa shape index (κ3) is 3.05. The maximum absolute atomic E-state index is 12.3. The number of nitrogens with one attached hydrogen (secondary N) is 1. The molecule has 0 radical (unpaired) electrons. The summed E-state index contributed by atoms with van der Waals surface area (Å²) in [5.41, 5.74) is 1.12. The van der Waals surface area contributed by atoms with Crippen LogP contribution < -0.4 is 9.46 Å². The Morgan fingerprint density at radius 2 is 1.80 bits per heavy atom. The second-order valence-electron chi connectivity index (χ2n) is 4.22. The van der Waals surface area contributed by atoms with E-state index in [0.717, 1.165) is 5.56 Å². The van der Waals surface area contributed by atoms with Crippen LogP contribution in [-0.2, 0) is 10.0 Å². The van der Waals surface area contributed by atoms with E-state index in [1.165, 1.54) is 25.3 Å². The van der Waals surface area contributed by atoms with Gasteiger partial charge < -0.3 is 4.74 Å². The number of halogens is 1. The number of hydrogen-bond acceptors (Lipinski definition) is 3. The standard InChI is InChI=1S/C14H14ClNO3S/c1-10-8-14(19-2)13(9-12(10)15)16-20(17,18)11-6-4-3-5-7-11/h3-9,16H,1-2H3. The van der Waals surface area contributed by atoms with Gasteiger partial charge in [-0.05, 0) is 36.8 Å². The summed E-state index contributed by atoms with van der Waals surface area (Å²) in [6.45, 7) is 1.82. The summed E-state index contributed by atoms with van der Waals surface area (Å²) in [5, 5.41) is 0.469. The predicted octanol–water partition coefficient (Wildman–Crippen LogP) is 3.46. The Bertz CT molecular complexity index is 715. The van der Waals surface area contributed by atoms with E-state index in [9.17, 15) is 8.42 Å². The summed E-state index contributed by atoms with van der Waals surface area (Å²) in [6.07, 6.45) is 0. The monoisotopic (exact) mass is 311 g/mol. The second kappa shape index (κ2) is 5.73. The quantitative estimate of drug-likeness (QED) is 0.940. The van der Waals surface area contributed by atoms with E-state index >= 15 is 0 Å². The fourth-order valence-electron chi connectivity index (χ4n) is 1.71. The van der Waals surface area contributed by atoms with E-state index in [-0.39, 0.29) is 4.90 Å². The van der Waals surface area contributed by atoms with E-state index in [1.807, 2.05) is 6.92 Å². The number of anilines is 1. The topological polar surface area (TPSA) is 55.4 Å². The van der Waals surface area contributed by atoms with Gasteiger partial charge in [-0.3, -0.25) is 4.72 Å². The Morgan fingerprint density at radius 3 is 2.40 bits per heavy atom. The van der Waals surface area contributed by atoms with Crippen LogP contribution >= 0.6 is 11.6 Å². The van der Waals surface area contributed by atoms with Crippen LogP contribution in [0.2, 0.25) is 5.02 Å². The molecule has 0 saturated carbocycles. The highest BCUT2D eigenvalue weighted by Gasteiger charge is 2.17. The minimum atomic E-state index is -3.66. The van der Waals surface area contributed by atoms with E-state index < -0.39 is 10.0 Å². The number of aryl methyl sites for hydroxylation is 1. The van der Waals surface area contributed by atoms with Gasteiger partial charge in [0.1, 0.15) is 5.75 Å². The van der Waals surface area contributed by atoms with Crippen molar-refractivity contribution in [2.45, 2.75) is 11.8 Å². The Morgan fingerprint density at radius 1 is 1.15 bits per heavy atom. The number of methoxy groups -OCH3 is 1. The lowest BCUT2D eigenvalue weighted by molar-refractivity contribution is 0.416. The molecule has 0 aliphatic rings. The van der Waals surface area contributed by atoms with E-state index in [4.69, 9.17) is 16.3 Å². The van der Waals surface area contributed by atoms with Gasteiger partial charge in [-0.25, -0.2) is 8.42 Å². The number of sulfonamides is 1. The Kier molecular flexibility index (Phi) is 4.20. The summed E-state index contributed by atoms with van der Waals surface area (Å²) in [7, 11) is -2.19. The molecule has 2 aromatic carbocycles. The first-order valence-corrected chi connectivity index (χ1v) is 7.72. The van der Waals surface area contributed by atoms with Crippen molar-refractivity contribution in [2.24, 2.45) is 0 Å². The maximum atomic E-state index is 12.3. The lowest BCUT2D eigenvalue weighted by atomic mass is 10.2. The first kappa shape index (κ1) is 14.7. The molecule has 0 spiro atoms. The van der Waals surface area contributed by atoms with Gasteiger partial charge in [-0.2, -0.15) is 0 Å². The van der Waals surface area contributed by atoms with Crippen LogP contribution in [0.15, 0.2) is 47.4 Å². The van der Waals surface area contributed by atoms with E-state index in [2.05, 4.69) is 4.72 Å². The Hall–Kier alpha value is -1.72. The van der Waals surface area contributed by atoms with Crippen molar-refractivity contribution in [1.82, 2.24) is 0 Å². The fourth-order valence-corrected chi connectivity index (χ4v) is 2.95. The van der Waals surface area contributed by atoms with E-state index in [0.29, 0.717) is 16.5 Å². The van der Waals surface area contributed by atoms with Crippen molar-refractivity contribution in [3.63, 3.8) is 0 Å². The Labute approximate surface area is 123 Å². The molecule has 0 aromatic heterocycles. The lowest BCUT2D eigenvalue weighted by Crippen LogP contribution is -2.13. The number of ether oxygens (including phenoxy) is 1. The van der Waals surface area contributed by atoms with Crippen LogP contribution in [0, 0.1) is 6.92 Å². The smallest absolute Gasteiger partial charge is 0.262 e. The fraction of sp³-hybridized carbons (Fsp3) is 0.143. The average molecular weight is 312 g/mol. The third-order valence-corrected chi connectivity index (χ3v) is 4.57. The molecule has 106 valence electrons. The molecule has 0 aliphatic carbocycles. The van der Waals surface area contributed by atoms with Gasteiger partial charge in [0, 0.05) is 5.02 Å². The zero-order chi connectivity index (χ0) is 14.8. The zero-order valence-electron chi connectivity index (χ0n) is 11.1. The molecule has 2 rings (SSSR count). The number of benzene rings is 2. The van der Waals surface area contributed by atoms with Crippen LogP contribution in [0.1, 0.15) is 5.56 Å². The van der Waals surface area contributed by atoms with Gasteiger partial charge in [0.05, 0.1) is 17.7 Å². The molecular weight excluding hydrogens is 298 g/mol. The third-order valence-electron chi connectivity index (χ3n) is 2.78. The molecule has 0 aliphatic heterocycles. The SMILES string of the molecule is COc1cc(C)c(Cl)cc1NS(=O)(=O)c1ccccc1. The number of rotatable bonds is 4. The van der Waals surface area contributed by atoms with Gasteiger partial charge in [0.25, 0.3) is 10.0 Å². The van der Waals surface area contributed by atoms with Crippen LogP contribution in [0.3, 0.4) is 0 Å². The van der Waals surface area contributed by atoms with Gasteiger partial charge in [0.15, 0.2) is 0 Å². The molecule has 0 amide bonds. The summed E-state index contributed by atoms with van der Waals surface area (Å²) >= 11 is 6.03. The van der Waals surface area contributed by atoms with Crippen molar-refractivity contribution in [3.05, 3.63) is 53.1 Å². The molecule has 0 atom stereocenters. The Balaban J connectivity index is 2.42. The highest BCUT2D eigenvalue weighted by atomic mass is 35.5. The van der Waals surface area contributed by atoms with Crippen LogP contribution in [0.25, 0.3) is 0 Å². The normalized spacial score (nSPS) is 11.2. The van der Waals surface area contributed by atoms with Crippen LogP contribution in [-0.4, -0.2) is 15.5 Å². The highest BCUT2D eigenvalue weighted by Crippen LogP contribution is 2.32. The molecule has 4 nitrogen and oxygen atoms in total. The number of hydrogen-bond donors (Lipinski definition) is 1. The summed E-state index contributed by atoms with van der Waals surface area (Å²) < 4.78 is 32.2. The van der Waals surface area contributed by atoms with Gasteiger partial charge in [-0.15, -0.1) is 0 Å². The van der Waals surface area contributed by atoms with Gasteiger partial charge in [0.2, 0.25) is 0 Å². The lowest BCUT2D eigenvalue weighted by Gasteiger charge is -2.13. The van der Waals surface area contributed by atoms with Crippen LogP contribution in [0.4, 0.5) is 5.69 Å². The van der Waals surface area contributed by atoms with Crippen molar-refractivity contribution < 1.29 is 13.2 Å². The summed E-state index contributed by atoms with van der Waals surface area (Å²) in [5.74, 6) is 0.423. The zero-order valence-corrected chi connectivity index (χ0v) is 12.6. The van der Waals surface area contributed by atoms with Crippen molar-refractivity contribution in [3.8, 4) is 5.75 Å². The minimum absolute atomic E-state index is 0.179. The van der Waals surface area contributed by atoms with Crippen LogP contribution in [0.5, 0.6) is 5.75 Å². The average Bonchev–Trinajstić information content (AvgIpc) is 2.43. The van der Waals surface area contributed by atoms with Gasteiger partial charge >= 0.3 is 0 Å². The molecule has 1 N–H and O–H groups in total. The largest absolute Gasteiger partial charge is 0.495 e. The first-order valence-electron chi connectivity index (χ1n) is 5.86. The molecular formula is C14H14ClNO3S. The maximum Gasteiger partial charge on any atom is 0.262 e. The highest BCUT2D eigenvalue weighted by molar-refractivity contribution is 7.92. The summed E-state index contributed by atoms with van der Waals surface area (Å²) in [4.78, 5) is 0.179. The van der Waals surface area contributed by atoms with Crippen molar-refractivity contribution in [2.75, 3.05) is 11.8 Å². The molecule has 0 unspecified atom stereocenters.